The zero-order valence-corrected chi connectivity index (χ0v) is 16.5. The highest BCUT2D eigenvalue weighted by molar-refractivity contribution is 6.28. The average molecular weight is 412 g/mol. The van der Waals surface area contributed by atoms with Crippen LogP contribution in [0.1, 0.15) is 35.8 Å². The maximum atomic E-state index is 11.4. The van der Waals surface area contributed by atoms with Gasteiger partial charge in [0, 0.05) is 25.0 Å². The molecular weight excluding hydrogens is 394 g/mol. The maximum Gasteiger partial charge on any atom is 0.335 e. The lowest BCUT2D eigenvalue weighted by Crippen LogP contribution is -2.10. The van der Waals surface area contributed by atoms with Crippen LogP contribution >= 0.6 is 11.6 Å². The molecule has 0 amide bonds. The van der Waals surface area contributed by atoms with Crippen molar-refractivity contribution in [2.45, 2.75) is 26.4 Å². The first kappa shape index (κ1) is 18.9. The van der Waals surface area contributed by atoms with Crippen LogP contribution in [-0.4, -0.2) is 40.4 Å². The summed E-state index contributed by atoms with van der Waals surface area (Å²) in [6.45, 7) is 4.35. The van der Waals surface area contributed by atoms with Crippen LogP contribution in [0, 0.1) is 0 Å². The first-order chi connectivity index (χ1) is 13.9. The first-order valence-electron chi connectivity index (χ1n) is 8.94. The van der Waals surface area contributed by atoms with Gasteiger partial charge >= 0.3 is 5.97 Å². The van der Waals surface area contributed by atoms with Gasteiger partial charge in [-0.3, -0.25) is 0 Å². The van der Waals surface area contributed by atoms with E-state index in [2.05, 4.69) is 25.4 Å². The van der Waals surface area contributed by atoms with Crippen molar-refractivity contribution in [2.75, 3.05) is 5.32 Å². The molecule has 0 spiro atoms. The fourth-order valence-corrected chi connectivity index (χ4v) is 3.23. The van der Waals surface area contributed by atoms with Crippen LogP contribution in [0.15, 0.2) is 43.0 Å². The van der Waals surface area contributed by atoms with Crippen molar-refractivity contribution in [3.05, 3.63) is 59.4 Å². The highest BCUT2D eigenvalue weighted by Crippen LogP contribution is 2.25. The second-order valence-corrected chi connectivity index (χ2v) is 7.05. The third-order valence-electron chi connectivity index (χ3n) is 4.47. The summed E-state index contributed by atoms with van der Waals surface area (Å²) < 4.78 is 3.59. The lowest BCUT2D eigenvalue weighted by atomic mass is 10.1. The van der Waals surface area contributed by atoms with Gasteiger partial charge in [-0.1, -0.05) is 0 Å². The Kier molecular flexibility index (Phi) is 4.89. The van der Waals surface area contributed by atoms with Crippen LogP contribution in [0.5, 0.6) is 0 Å². The Hall–Kier alpha value is -3.46. The highest BCUT2D eigenvalue weighted by atomic mass is 35.5. The zero-order valence-electron chi connectivity index (χ0n) is 15.7. The Labute approximate surface area is 171 Å². The molecule has 3 aromatic heterocycles. The summed E-state index contributed by atoms with van der Waals surface area (Å²) >= 11 is 6.12. The Morgan fingerprint density at radius 2 is 2.14 bits per heavy atom. The standard InChI is InChI=1S/C19H18ClN7O2/c1-11(2)26-10-22-15-16(24-19(20)25-17(15)26)21-9-13-8-12(18(28)29)4-5-14(13)27-7-3-6-23-27/h3-8,10-11H,9H2,1-2H3,(H,28,29)(H,21,24,25). The molecule has 0 fully saturated rings. The Bertz CT molecular complexity index is 1180. The van der Waals surface area contributed by atoms with E-state index in [1.54, 1.807) is 47.7 Å². The van der Waals surface area contributed by atoms with Crippen LogP contribution in [-0.2, 0) is 6.54 Å². The molecule has 2 N–H and O–H groups in total. The van der Waals surface area contributed by atoms with Gasteiger partial charge in [0.1, 0.15) is 0 Å². The van der Waals surface area contributed by atoms with E-state index in [4.69, 9.17) is 11.6 Å². The smallest absolute Gasteiger partial charge is 0.335 e. The van der Waals surface area contributed by atoms with Crippen LogP contribution in [0.25, 0.3) is 16.9 Å². The van der Waals surface area contributed by atoms with Gasteiger partial charge < -0.3 is 15.0 Å². The zero-order chi connectivity index (χ0) is 20.5. The number of aromatic carboxylic acids is 1. The highest BCUT2D eigenvalue weighted by Gasteiger charge is 2.16. The fourth-order valence-electron chi connectivity index (χ4n) is 3.07. The van der Waals surface area contributed by atoms with Crippen molar-refractivity contribution in [3.8, 4) is 5.69 Å². The van der Waals surface area contributed by atoms with Gasteiger partial charge in [0.15, 0.2) is 17.0 Å². The number of nitrogens with one attached hydrogen (secondary N) is 1. The van der Waals surface area contributed by atoms with Gasteiger partial charge in [-0.05, 0) is 55.3 Å². The molecule has 0 unspecified atom stereocenters. The second kappa shape index (κ2) is 7.51. The minimum atomic E-state index is -0.999. The van der Waals surface area contributed by atoms with E-state index in [1.165, 1.54) is 0 Å². The Morgan fingerprint density at radius 1 is 1.31 bits per heavy atom. The van der Waals surface area contributed by atoms with Gasteiger partial charge in [-0.2, -0.15) is 15.1 Å². The van der Waals surface area contributed by atoms with Crippen molar-refractivity contribution in [1.82, 2.24) is 29.3 Å². The summed E-state index contributed by atoms with van der Waals surface area (Å²) in [5, 5.41) is 16.9. The van der Waals surface area contributed by atoms with Gasteiger partial charge in [-0.15, -0.1) is 0 Å². The quantitative estimate of drug-likeness (QED) is 0.466. The number of hydrogen-bond donors (Lipinski definition) is 2. The molecule has 0 atom stereocenters. The van der Waals surface area contributed by atoms with Crippen molar-refractivity contribution in [2.24, 2.45) is 0 Å². The number of carbonyl (C=O) groups is 1. The fraction of sp³-hybridized carbons (Fsp3) is 0.211. The van der Waals surface area contributed by atoms with E-state index in [-0.39, 0.29) is 16.9 Å². The van der Waals surface area contributed by atoms with E-state index in [1.807, 2.05) is 18.4 Å². The summed E-state index contributed by atoms with van der Waals surface area (Å²) in [6.07, 6.45) is 5.16. The minimum Gasteiger partial charge on any atom is -0.478 e. The average Bonchev–Trinajstić information content (AvgIpc) is 3.35. The molecule has 0 saturated heterocycles. The summed E-state index contributed by atoms with van der Waals surface area (Å²) in [6, 6.07) is 6.85. The normalized spacial score (nSPS) is 11.3. The lowest BCUT2D eigenvalue weighted by molar-refractivity contribution is 0.0696. The molecule has 148 valence electrons. The van der Waals surface area contributed by atoms with Gasteiger partial charge in [0.25, 0.3) is 0 Å². The summed E-state index contributed by atoms with van der Waals surface area (Å²) in [5.41, 5.74) is 2.91. The molecule has 1 aromatic carbocycles. The van der Waals surface area contributed by atoms with Crippen molar-refractivity contribution in [3.63, 3.8) is 0 Å². The molecule has 9 nitrogen and oxygen atoms in total. The van der Waals surface area contributed by atoms with Crippen LogP contribution < -0.4 is 5.32 Å². The number of hydrogen-bond acceptors (Lipinski definition) is 6. The van der Waals surface area contributed by atoms with E-state index >= 15 is 0 Å². The number of halogens is 1. The van der Waals surface area contributed by atoms with E-state index in [0.717, 1.165) is 11.3 Å². The summed E-state index contributed by atoms with van der Waals surface area (Å²) in [4.78, 5) is 24.4. The van der Waals surface area contributed by atoms with E-state index < -0.39 is 5.97 Å². The number of fused-ring (bicyclic) bond motifs is 1. The van der Waals surface area contributed by atoms with Crippen molar-refractivity contribution < 1.29 is 9.90 Å². The van der Waals surface area contributed by atoms with Crippen molar-refractivity contribution >= 4 is 34.6 Å². The van der Waals surface area contributed by atoms with E-state index in [9.17, 15) is 9.90 Å². The number of benzene rings is 1. The number of carboxylic acids is 1. The predicted octanol–water partition coefficient (Wildman–Crippen LogP) is 3.56. The molecule has 4 aromatic rings. The monoisotopic (exact) mass is 411 g/mol. The summed E-state index contributed by atoms with van der Waals surface area (Å²) in [7, 11) is 0. The summed E-state index contributed by atoms with van der Waals surface area (Å²) in [5.74, 6) is -0.520. The largest absolute Gasteiger partial charge is 0.478 e. The van der Waals surface area contributed by atoms with Gasteiger partial charge in [0.2, 0.25) is 5.28 Å². The molecule has 10 heteroatoms. The first-order valence-corrected chi connectivity index (χ1v) is 9.32. The third-order valence-corrected chi connectivity index (χ3v) is 4.64. The number of anilines is 1. The molecule has 0 radical (unpaired) electrons. The molecule has 0 aliphatic rings. The maximum absolute atomic E-state index is 11.4. The molecule has 0 aliphatic heterocycles. The predicted molar refractivity (Wildman–Crippen MR) is 109 cm³/mol. The Morgan fingerprint density at radius 3 is 2.83 bits per heavy atom. The third kappa shape index (κ3) is 3.64. The molecule has 4 rings (SSSR count). The molecule has 3 heterocycles. The van der Waals surface area contributed by atoms with E-state index in [0.29, 0.717) is 23.5 Å². The number of aromatic nitrogens is 6. The van der Waals surface area contributed by atoms with Gasteiger partial charge in [0.05, 0.1) is 17.6 Å². The SMILES string of the molecule is CC(C)n1cnc2c(NCc3cc(C(=O)O)ccc3-n3cccn3)nc(Cl)nc21. The number of carboxylic acid groups (broad SMARTS) is 1. The lowest BCUT2D eigenvalue weighted by Gasteiger charge is -2.13. The molecule has 0 bridgehead atoms. The van der Waals surface area contributed by atoms with Crippen LogP contribution in [0.3, 0.4) is 0 Å². The number of imidazole rings is 1. The minimum absolute atomic E-state index is 0.106. The van der Waals surface area contributed by atoms with Gasteiger partial charge in [-0.25, -0.2) is 14.5 Å². The molecule has 0 aliphatic carbocycles. The molecule has 0 saturated carbocycles. The van der Waals surface area contributed by atoms with Crippen LogP contribution in [0.2, 0.25) is 5.28 Å². The second-order valence-electron chi connectivity index (χ2n) is 6.71. The Balaban J connectivity index is 1.72. The number of rotatable bonds is 6. The van der Waals surface area contributed by atoms with Crippen LogP contribution in [0.4, 0.5) is 5.82 Å². The number of nitrogens with zero attached hydrogens (tertiary/aromatic N) is 6. The molecule has 29 heavy (non-hydrogen) atoms. The van der Waals surface area contributed by atoms with Crippen molar-refractivity contribution in [1.29, 1.82) is 0 Å². The topological polar surface area (TPSA) is 111 Å². The molecular formula is C19H18ClN7O2.